The Morgan fingerprint density at radius 1 is 1.39 bits per heavy atom. The fourth-order valence-electron chi connectivity index (χ4n) is 3.10. The van der Waals surface area contributed by atoms with Crippen molar-refractivity contribution >= 4 is 11.9 Å². The van der Waals surface area contributed by atoms with E-state index in [0.29, 0.717) is 12.5 Å². The Hall–Kier alpha value is -1.48. The van der Waals surface area contributed by atoms with E-state index in [1.807, 2.05) is 12.1 Å². The summed E-state index contributed by atoms with van der Waals surface area (Å²) in [5.41, 5.74) is 1.62. The van der Waals surface area contributed by atoms with Crippen LogP contribution in [0.4, 0.5) is 4.39 Å². The Morgan fingerprint density at radius 3 is 3.00 bits per heavy atom. The van der Waals surface area contributed by atoms with Gasteiger partial charge in [0.25, 0.3) is 0 Å². The van der Waals surface area contributed by atoms with Gasteiger partial charge in [-0.3, -0.25) is 9.69 Å². The molecule has 2 atom stereocenters. The molecule has 18 heavy (non-hydrogen) atoms. The van der Waals surface area contributed by atoms with Gasteiger partial charge in [-0.25, -0.2) is 4.39 Å². The van der Waals surface area contributed by atoms with Gasteiger partial charge in [-0.1, -0.05) is 12.1 Å². The smallest absolute Gasteiger partial charge is 0.162 e. The summed E-state index contributed by atoms with van der Waals surface area (Å²) in [4.78, 5) is 14.4. The van der Waals surface area contributed by atoms with Crippen molar-refractivity contribution in [2.75, 3.05) is 7.05 Å². The second kappa shape index (κ2) is 4.32. The lowest BCUT2D eigenvalue weighted by molar-refractivity contribution is -0.118. The molecule has 0 aliphatic carbocycles. The summed E-state index contributed by atoms with van der Waals surface area (Å²) in [5, 5.41) is 0. The molecule has 0 spiro atoms. The number of fused-ring (bicyclic) bond motifs is 2. The van der Waals surface area contributed by atoms with E-state index in [-0.39, 0.29) is 17.6 Å². The first kappa shape index (κ1) is 11.6. The van der Waals surface area contributed by atoms with E-state index in [1.165, 1.54) is 12.1 Å². The molecule has 94 valence electrons. The van der Waals surface area contributed by atoms with Crippen molar-refractivity contribution in [1.82, 2.24) is 4.90 Å². The van der Waals surface area contributed by atoms with Crippen molar-refractivity contribution in [2.24, 2.45) is 0 Å². The number of carbonyl (C=O) groups excluding carboxylic acids is 1. The number of halogens is 1. The lowest BCUT2D eigenvalue weighted by atomic mass is 9.94. The van der Waals surface area contributed by atoms with Crippen LogP contribution in [0.15, 0.2) is 29.8 Å². The average molecular weight is 245 g/mol. The monoisotopic (exact) mass is 245 g/mol. The van der Waals surface area contributed by atoms with Gasteiger partial charge in [-0.15, -0.1) is 0 Å². The molecular weight excluding hydrogens is 229 g/mol. The first-order valence-electron chi connectivity index (χ1n) is 6.37. The van der Waals surface area contributed by atoms with Crippen molar-refractivity contribution in [3.63, 3.8) is 0 Å². The molecule has 1 aromatic carbocycles. The topological polar surface area (TPSA) is 20.3 Å². The van der Waals surface area contributed by atoms with Crippen molar-refractivity contribution in [1.29, 1.82) is 0 Å². The molecule has 0 amide bonds. The van der Waals surface area contributed by atoms with Crippen LogP contribution < -0.4 is 0 Å². The van der Waals surface area contributed by atoms with E-state index in [1.54, 1.807) is 6.07 Å². The van der Waals surface area contributed by atoms with Gasteiger partial charge in [-0.2, -0.15) is 0 Å². The average Bonchev–Trinajstić information content (AvgIpc) is 2.58. The van der Waals surface area contributed by atoms with Gasteiger partial charge >= 0.3 is 0 Å². The lowest BCUT2D eigenvalue weighted by Gasteiger charge is -2.32. The number of nitrogens with zero attached hydrogens (tertiary/aromatic N) is 1. The lowest BCUT2D eigenvalue weighted by Crippen LogP contribution is -2.41. The third kappa shape index (κ3) is 1.89. The molecule has 2 nitrogen and oxygen atoms in total. The Kier molecular flexibility index (Phi) is 2.78. The van der Waals surface area contributed by atoms with Gasteiger partial charge in [0.2, 0.25) is 0 Å². The number of hydrogen-bond acceptors (Lipinski definition) is 2. The molecule has 1 aromatic rings. The zero-order valence-electron chi connectivity index (χ0n) is 10.4. The number of benzene rings is 1. The molecule has 3 heteroatoms. The third-order valence-corrected chi connectivity index (χ3v) is 4.11. The van der Waals surface area contributed by atoms with Gasteiger partial charge in [0, 0.05) is 24.1 Å². The highest BCUT2D eigenvalue weighted by Crippen LogP contribution is 2.36. The Balaban J connectivity index is 1.97. The highest BCUT2D eigenvalue weighted by atomic mass is 19.1. The number of Topliss-reactive ketones (excluding diaryl/α,β-unsaturated/α-hetero) is 1. The van der Waals surface area contributed by atoms with Crippen LogP contribution in [0, 0.1) is 5.82 Å². The molecule has 3 rings (SSSR count). The Morgan fingerprint density at radius 2 is 2.22 bits per heavy atom. The van der Waals surface area contributed by atoms with Crippen LogP contribution in [0.3, 0.4) is 0 Å². The van der Waals surface area contributed by atoms with Gasteiger partial charge in [0.1, 0.15) is 5.82 Å². The molecule has 2 aliphatic rings. The van der Waals surface area contributed by atoms with Crippen LogP contribution >= 0.6 is 0 Å². The van der Waals surface area contributed by atoms with Crippen LogP contribution in [0.25, 0.3) is 6.08 Å². The minimum Gasteiger partial charge on any atom is -0.296 e. The molecule has 0 N–H and O–H groups in total. The minimum absolute atomic E-state index is 0.222. The number of ketones is 1. The van der Waals surface area contributed by atoms with E-state index in [4.69, 9.17) is 0 Å². The summed E-state index contributed by atoms with van der Waals surface area (Å²) in [7, 11) is 2.08. The van der Waals surface area contributed by atoms with Crippen LogP contribution in [-0.2, 0) is 4.79 Å². The molecule has 2 bridgehead atoms. The minimum atomic E-state index is -0.259. The zero-order valence-corrected chi connectivity index (χ0v) is 10.4. The van der Waals surface area contributed by atoms with E-state index >= 15 is 0 Å². The number of carbonyl (C=O) groups is 1. The Bertz CT molecular complexity index is 523. The highest BCUT2D eigenvalue weighted by Gasteiger charge is 2.41. The quantitative estimate of drug-likeness (QED) is 0.709. The predicted molar refractivity (Wildman–Crippen MR) is 68.6 cm³/mol. The molecule has 0 aromatic heterocycles. The summed E-state index contributed by atoms with van der Waals surface area (Å²) >= 11 is 0. The molecule has 2 saturated heterocycles. The maximum Gasteiger partial charge on any atom is 0.162 e. The van der Waals surface area contributed by atoms with Crippen LogP contribution in [-0.4, -0.2) is 29.8 Å². The molecular formula is C15H16FNO. The Labute approximate surface area is 106 Å². The molecule has 2 fully saturated rings. The molecule has 0 saturated carbocycles. The van der Waals surface area contributed by atoms with Crippen LogP contribution in [0.5, 0.6) is 0 Å². The third-order valence-electron chi connectivity index (χ3n) is 4.11. The summed E-state index contributed by atoms with van der Waals surface area (Å²) < 4.78 is 13.2. The second-order valence-electron chi connectivity index (χ2n) is 5.19. The summed E-state index contributed by atoms with van der Waals surface area (Å²) in [5.74, 6) is -0.0323. The number of rotatable bonds is 1. The second-order valence-corrected chi connectivity index (χ2v) is 5.19. The summed E-state index contributed by atoms with van der Waals surface area (Å²) in [6.07, 6.45) is 4.59. The van der Waals surface area contributed by atoms with Crippen molar-refractivity contribution in [3.8, 4) is 0 Å². The van der Waals surface area contributed by atoms with Gasteiger partial charge in [0.15, 0.2) is 5.78 Å². The normalized spacial score (nSPS) is 30.1. The van der Waals surface area contributed by atoms with Crippen molar-refractivity contribution in [3.05, 3.63) is 41.2 Å². The van der Waals surface area contributed by atoms with Crippen molar-refractivity contribution in [2.45, 2.75) is 31.3 Å². The maximum absolute atomic E-state index is 13.2. The van der Waals surface area contributed by atoms with E-state index in [0.717, 1.165) is 24.0 Å². The first-order valence-corrected chi connectivity index (χ1v) is 6.37. The highest BCUT2D eigenvalue weighted by molar-refractivity contribution is 6.02. The standard InChI is InChI=1S/C15H16FNO/c1-17-12-5-6-14(17)13(15(18)9-12)8-10-3-2-4-11(16)7-10/h2-4,7-8,12,14H,5-6,9H2,1H3/b13-8+. The van der Waals surface area contributed by atoms with Crippen LogP contribution in [0.1, 0.15) is 24.8 Å². The van der Waals surface area contributed by atoms with Gasteiger partial charge in [-0.05, 0) is 43.7 Å². The molecule has 2 heterocycles. The largest absolute Gasteiger partial charge is 0.296 e. The van der Waals surface area contributed by atoms with E-state index in [9.17, 15) is 9.18 Å². The van der Waals surface area contributed by atoms with E-state index < -0.39 is 0 Å². The molecule has 2 aliphatic heterocycles. The number of piperidine rings is 1. The van der Waals surface area contributed by atoms with Crippen molar-refractivity contribution < 1.29 is 9.18 Å². The fraction of sp³-hybridized carbons (Fsp3) is 0.400. The maximum atomic E-state index is 13.2. The number of likely N-dealkylation sites (N-methyl/N-ethyl adjacent to an activating group) is 1. The summed E-state index contributed by atoms with van der Waals surface area (Å²) in [6, 6.07) is 7.04. The molecule has 0 radical (unpaired) electrons. The SMILES string of the molecule is CN1C2CCC1/C(=C\c1cccc(F)c1)C(=O)C2. The predicted octanol–water partition coefficient (Wildman–Crippen LogP) is 2.64. The van der Waals surface area contributed by atoms with Crippen LogP contribution in [0.2, 0.25) is 0 Å². The zero-order chi connectivity index (χ0) is 12.7. The van der Waals surface area contributed by atoms with Gasteiger partial charge < -0.3 is 0 Å². The van der Waals surface area contributed by atoms with Gasteiger partial charge in [0.05, 0.1) is 0 Å². The fourth-order valence-corrected chi connectivity index (χ4v) is 3.10. The number of hydrogen-bond donors (Lipinski definition) is 0. The summed E-state index contributed by atoms with van der Waals surface area (Å²) in [6.45, 7) is 0. The van der Waals surface area contributed by atoms with E-state index in [2.05, 4.69) is 11.9 Å². The first-order chi connectivity index (χ1) is 8.65. The molecule has 2 unspecified atom stereocenters.